The number of imidazole rings is 1. The Labute approximate surface area is 173 Å². The Hall–Kier alpha value is -0.950. The molecule has 3 heterocycles. The molecule has 4 rings (SSSR count). The molecule has 2 fully saturated rings. The van der Waals surface area contributed by atoms with Crippen molar-refractivity contribution in [3.05, 3.63) is 34.3 Å². The first-order chi connectivity index (χ1) is 12.7. The Bertz CT molecular complexity index is 722. The molecule has 27 heavy (non-hydrogen) atoms. The van der Waals surface area contributed by atoms with Crippen LogP contribution in [0.4, 0.5) is 0 Å². The van der Waals surface area contributed by atoms with Crippen molar-refractivity contribution >= 4 is 23.7 Å². The van der Waals surface area contributed by atoms with Crippen LogP contribution in [0.15, 0.2) is 17.8 Å². The van der Waals surface area contributed by atoms with Crippen LogP contribution in [0.25, 0.3) is 0 Å². The molecule has 2 aliphatic rings. The number of nitrogens with zero attached hydrogens (tertiary/aromatic N) is 4. The van der Waals surface area contributed by atoms with E-state index in [1.807, 2.05) is 17.5 Å². The number of aryl methyl sites for hydroxylation is 2. The van der Waals surface area contributed by atoms with Crippen LogP contribution in [0.3, 0.4) is 0 Å². The van der Waals surface area contributed by atoms with Crippen molar-refractivity contribution in [1.82, 2.24) is 24.8 Å². The highest BCUT2D eigenvalue weighted by Crippen LogP contribution is 2.56. The fourth-order valence-electron chi connectivity index (χ4n) is 4.51. The summed E-state index contributed by atoms with van der Waals surface area (Å²) in [7, 11) is 0. The smallest absolute Gasteiger partial charge is 0.122 e. The number of rotatable bonds is 8. The van der Waals surface area contributed by atoms with Crippen LogP contribution in [0.1, 0.15) is 56.1 Å². The number of thiazole rings is 1. The Morgan fingerprint density at radius 1 is 1.30 bits per heavy atom. The Morgan fingerprint density at radius 2 is 2.11 bits per heavy atom. The van der Waals surface area contributed by atoms with Crippen molar-refractivity contribution in [2.24, 2.45) is 5.41 Å². The molecule has 7 heteroatoms. The number of aromatic nitrogens is 3. The topological polar surface area (TPSA) is 46.0 Å². The third kappa shape index (κ3) is 4.56. The summed E-state index contributed by atoms with van der Waals surface area (Å²) >= 11 is 1.83. The molecule has 1 saturated carbocycles. The lowest BCUT2D eigenvalue weighted by Crippen LogP contribution is -2.36. The van der Waals surface area contributed by atoms with Gasteiger partial charge in [-0.25, -0.2) is 9.97 Å². The van der Waals surface area contributed by atoms with Crippen LogP contribution < -0.4 is 5.32 Å². The summed E-state index contributed by atoms with van der Waals surface area (Å²) in [6.07, 6.45) is 10.3. The lowest BCUT2D eigenvalue weighted by Gasteiger charge is -2.29. The van der Waals surface area contributed by atoms with Crippen molar-refractivity contribution in [2.75, 3.05) is 13.1 Å². The maximum Gasteiger partial charge on any atom is 0.122 e. The molecular formula is C20H32ClN5S. The van der Waals surface area contributed by atoms with Crippen molar-refractivity contribution in [3.63, 3.8) is 0 Å². The van der Waals surface area contributed by atoms with Gasteiger partial charge in [-0.2, -0.15) is 0 Å². The van der Waals surface area contributed by atoms with Gasteiger partial charge in [-0.15, -0.1) is 23.7 Å². The van der Waals surface area contributed by atoms with Gasteiger partial charge in [0, 0.05) is 30.4 Å². The molecule has 150 valence electrons. The largest absolute Gasteiger partial charge is 0.334 e. The molecule has 0 aromatic carbocycles. The van der Waals surface area contributed by atoms with E-state index in [4.69, 9.17) is 4.98 Å². The van der Waals surface area contributed by atoms with Gasteiger partial charge in [0.1, 0.15) is 10.8 Å². The number of hydrogen-bond acceptors (Lipinski definition) is 5. The van der Waals surface area contributed by atoms with Crippen LogP contribution in [0.5, 0.6) is 0 Å². The Kier molecular flexibility index (Phi) is 6.95. The van der Waals surface area contributed by atoms with E-state index in [9.17, 15) is 0 Å². The van der Waals surface area contributed by atoms with E-state index >= 15 is 0 Å². The van der Waals surface area contributed by atoms with Gasteiger partial charge in [-0.1, -0.05) is 13.3 Å². The molecule has 1 aliphatic carbocycles. The molecule has 2 aromatic rings. The average Bonchev–Trinajstić information content (AvgIpc) is 3.01. The molecule has 1 aliphatic heterocycles. The third-order valence-corrected chi connectivity index (χ3v) is 7.00. The van der Waals surface area contributed by atoms with E-state index < -0.39 is 0 Å². The average molecular weight is 410 g/mol. The van der Waals surface area contributed by atoms with Gasteiger partial charge in [-0.3, -0.25) is 4.90 Å². The van der Waals surface area contributed by atoms with Gasteiger partial charge < -0.3 is 9.88 Å². The third-order valence-electron chi connectivity index (χ3n) is 6.12. The van der Waals surface area contributed by atoms with Crippen LogP contribution in [0, 0.1) is 5.41 Å². The van der Waals surface area contributed by atoms with Gasteiger partial charge in [-0.05, 0) is 51.1 Å². The fourth-order valence-corrected chi connectivity index (χ4v) is 5.36. The highest BCUT2D eigenvalue weighted by molar-refractivity contribution is 7.09. The number of piperidine rings is 1. The second kappa shape index (κ2) is 9.03. The van der Waals surface area contributed by atoms with E-state index in [-0.39, 0.29) is 12.4 Å². The Morgan fingerprint density at radius 3 is 2.85 bits per heavy atom. The summed E-state index contributed by atoms with van der Waals surface area (Å²) in [4.78, 5) is 12.2. The predicted octanol–water partition coefficient (Wildman–Crippen LogP) is 3.88. The van der Waals surface area contributed by atoms with E-state index in [0.29, 0.717) is 11.5 Å². The van der Waals surface area contributed by atoms with Gasteiger partial charge in [0.2, 0.25) is 0 Å². The quantitative estimate of drug-likeness (QED) is 0.718. The Balaban J connectivity index is 0.00000210. The molecule has 5 nitrogen and oxygen atoms in total. The fraction of sp³-hybridized carbons (Fsp3) is 0.700. The molecule has 1 saturated heterocycles. The van der Waals surface area contributed by atoms with Crippen LogP contribution in [0.2, 0.25) is 0 Å². The molecule has 1 N–H and O–H groups in total. The molecule has 1 spiro atoms. The van der Waals surface area contributed by atoms with E-state index in [0.717, 1.165) is 26.1 Å². The van der Waals surface area contributed by atoms with E-state index in [2.05, 4.69) is 45.2 Å². The summed E-state index contributed by atoms with van der Waals surface area (Å²) < 4.78 is 2.27. The lowest BCUT2D eigenvalue weighted by molar-refractivity contribution is 0.182. The van der Waals surface area contributed by atoms with Crippen molar-refractivity contribution in [3.8, 4) is 0 Å². The highest BCUT2D eigenvalue weighted by Gasteiger charge is 2.56. The number of nitrogens with one attached hydrogen (secondary N) is 1. The summed E-state index contributed by atoms with van der Waals surface area (Å²) in [6.45, 7) is 9.65. The summed E-state index contributed by atoms with van der Waals surface area (Å²) in [5.41, 5.74) is 1.80. The standard InChI is InChI=1S/C20H31N5S.ClH/c1-3-5-16-15-26-19(23-16)14-25(13-18-22-10-11-24(18)4-2)17-12-20(17)6-8-21-9-7-20;/h10-11,15,17,21H,3-9,12-14H2,1-2H3;1H. The SMILES string of the molecule is CCCc1csc(CN(Cc2nccn2CC)C2CC23CCNCC3)n1.Cl. The van der Waals surface area contributed by atoms with E-state index in [1.165, 1.54) is 55.3 Å². The van der Waals surface area contributed by atoms with Crippen LogP contribution in [-0.4, -0.2) is 38.6 Å². The molecular weight excluding hydrogens is 378 g/mol. The zero-order valence-electron chi connectivity index (χ0n) is 16.5. The second-order valence-electron chi connectivity index (χ2n) is 7.85. The van der Waals surface area contributed by atoms with Crippen molar-refractivity contribution in [2.45, 2.75) is 71.6 Å². The maximum atomic E-state index is 4.89. The number of hydrogen-bond donors (Lipinski definition) is 1. The van der Waals surface area contributed by atoms with Gasteiger partial charge in [0.25, 0.3) is 0 Å². The summed E-state index contributed by atoms with van der Waals surface area (Å²) in [5, 5.41) is 7.04. The highest BCUT2D eigenvalue weighted by atomic mass is 35.5. The van der Waals surface area contributed by atoms with Crippen LogP contribution >= 0.6 is 23.7 Å². The first kappa shape index (κ1) is 20.8. The minimum Gasteiger partial charge on any atom is -0.334 e. The van der Waals surface area contributed by atoms with E-state index in [1.54, 1.807) is 0 Å². The monoisotopic (exact) mass is 409 g/mol. The second-order valence-corrected chi connectivity index (χ2v) is 8.79. The normalized spacial score (nSPS) is 20.8. The van der Waals surface area contributed by atoms with Gasteiger partial charge >= 0.3 is 0 Å². The molecule has 0 bridgehead atoms. The van der Waals surface area contributed by atoms with Gasteiger partial charge in [0.15, 0.2) is 0 Å². The molecule has 0 radical (unpaired) electrons. The zero-order valence-corrected chi connectivity index (χ0v) is 18.1. The maximum absolute atomic E-state index is 4.89. The van der Waals surface area contributed by atoms with Gasteiger partial charge in [0.05, 0.1) is 18.8 Å². The lowest BCUT2D eigenvalue weighted by atomic mass is 9.93. The first-order valence-corrected chi connectivity index (χ1v) is 11.0. The number of halogens is 1. The minimum atomic E-state index is 0. The predicted molar refractivity (Wildman–Crippen MR) is 113 cm³/mol. The molecule has 1 unspecified atom stereocenters. The molecule has 2 aromatic heterocycles. The van der Waals surface area contributed by atoms with Crippen molar-refractivity contribution < 1.29 is 0 Å². The van der Waals surface area contributed by atoms with Crippen molar-refractivity contribution in [1.29, 1.82) is 0 Å². The molecule has 1 atom stereocenters. The first-order valence-electron chi connectivity index (χ1n) is 10.1. The summed E-state index contributed by atoms with van der Waals surface area (Å²) in [5.74, 6) is 1.19. The summed E-state index contributed by atoms with van der Waals surface area (Å²) in [6, 6.07) is 0.685. The minimum absolute atomic E-state index is 0. The molecule has 0 amide bonds. The van der Waals surface area contributed by atoms with Crippen LogP contribution in [-0.2, 0) is 26.1 Å². The zero-order chi connectivity index (χ0) is 18.0.